The molecular weight excluding hydrogens is 286 g/mol. The van der Waals surface area contributed by atoms with Crippen LogP contribution < -0.4 is 0 Å². The van der Waals surface area contributed by atoms with Crippen molar-refractivity contribution in [1.29, 1.82) is 0 Å². The second kappa shape index (κ2) is 6.70. The quantitative estimate of drug-likeness (QED) is 0.878. The molecule has 0 saturated carbocycles. The highest BCUT2D eigenvalue weighted by atomic mass is 35.5. The SMILES string of the molecule is CC(C)CCN(C)S(=O)(=O)c1cc(CO)ccc1Cl. The molecule has 6 heteroatoms. The topological polar surface area (TPSA) is 57.6 Å². The smallest absolute Gasteiger partial charge is 0.244 e. The van der Waals surface area contributed by atoms with Crippen molar-refractivity contribution in [2.45, 2.75) is 31.8 Å². The molecule has 4 nitrogen and oxygen atoms in total. The molecule has 0 saturated heterocycles. The molecule has 0 heterocycles. The summed E-state index contributed by atoms with van der Waals surface area (Å²) in [4.78, 5) is 0.0481. The van der Waals surface area contributed by atoms with Crippen LogP contribution in [0.4, 0.5) is 0 Å². The number of nitrogens with zero attached hydrogens (tertiary/aromatic N) is 1. The van der Waals surface area contributed by atoms with E-state index in [2.05, 4.69) is 0 Å². The molecule has 1 rings (SSSR count). The van der Waals surface area contributed by atoms with Crippen LogP contribution in [0.5, 0.6) is 0 Å². The van der Waals surface area contributed by atoms with E-state index in [4.69, 9.17) is 16.7 Å². The maximum absolute atomic E-state index is 12.4. The van der Waals surface area contributed by atoms with Crippen LogP contribution in [-0.4, -0.2) is 31.4 Å². The van der Waals surface area contributed by atoms with E-state index < -0.39 is 10.0 Å². The van der Waals surface area contributed by atoms with Gasteiger partial charge in [-0.15, -0.1) is 0 Å². The number of rotatable bonds is 6. The fourth-order valence-corrected chi connectivity index (χ4v) is 3.28. The predicted octanol–water partition coefficient (Wildman–Crippen LogP) is 2.50. The fourth-order valence-electron chi connectivity index (χ4n) is 1.57. The summed E-state index contributed by atoms with van der Waals surface area (Å²) in [6.45, 7) is 4.31. The average molecular weight is 306 g/mol. The van der Waals surface area contributed by atoms with Crippen molar-refractivity contribution >= 4 is 21.6 Å². The number of hydrogen-bond donors (Lipinski definition) is 1. The Balaban J connectivity index is 3.05. The van der Waals surface area contributed by atoms with Crippen molar-refractivity contribution in [3.8, 4) is 0 Å². The van der Waals surface area contributed by atoms with Gasteiger partial charge >= 0.3 is 0 Å². The number of aliphatic hydroxyl groups excluding tert-OH is 1. The first kappa shape index (κ1) is 16.4. The van der Waals surface area contributed by atoms with Crippen molar-refractivity contribution in [3.63, 3.8) is 0 Å². The van der Waals surface area contributed by atoms with Gasteiger partial charge in [-0.25, -0.2) is 12.7 Å². The number of aliphatic hydroxyl groups is 1. The maximum Gasteiger partial charge on any atom is 0.244 e. The zero-order valence-corrected chi connectivity index (χ0v) is 13.0. The first-order chi connectivity index (χ1) is 8.78. The molecule has 0 aliphatic rings. The molecule has 0 fully saturated rings. The van der Waals surface area contributed by atoms with Crippen molar-refractivity contribution in [2.75, 3.05) is 13.6 Å². The zero-order valence-electron chi connectivity index (χ0n) is 11.4. The molecule has 108 valence electrons. The van der Waals surface area contributed by atoms with E-state index in [-0.39, 0.29) is 16.5 Å². The van der Waals surface area contributed by atoms with Gasteiger partial charge in [0.05, 0.1) is 11.6 Å². The molecule has 0 amide bonds. The van der Waals surface area contributed by atoms with Gasteiger partial charge in [-0.3, -0.25) is 0 Å². The third kappa shape index (κ3) is 4.18. The van der Waals surface area contributed by atoms with E-state index in [1.165, 1.54) is 16.4 Å². The second-order valence-corrected chi connectivity index (χ2v) is 7.35. The van der Waals surface area contributed by atoms with E-state index in [9.17, 15) is 8.42 Å². The third-order valence-electron chi connectivity index (χ3n) is 2.89. The van der Waals surface area contributed by atoms with Crippen LogP contribution in [0.25, 0.3) is 0 Å². The molecule has 0 aliphatic heterocycles. The summed E-state index contributed by atoms with van der Waals surface area (Å²) in [6.07, 6.45) is 0.785. The largest absolute Gasteiger partial charge is 0.392 e. The summed E-state index contributed by atoms with van der Waals surface area (Å²) in [7, 11) is -2.07. The first-order valence-corrected chi connectivity index (χ1v) is 7.96. The van der Waals surface area contributed by atoms with Crippen LogP contribution in [0.3, 0.4) is 0 Å². The Labute approximate surface area is 120 Å². The Morgan fingerprint density at radius 2 is 2.00 bits per heavy atom. The van der Waals surface area contributed by atoms with Crippen LogP contribution in [0.2, 0.25) is 5.02 Å². The van der Waals surface area contributed by atoms with Crippen molar-refractivity contribution in [2.24, 2.45) is 5.92 Å². The minimum Gasteiger partial charge on any atom is -0.392 e. The molecule has 19 heavy (non-hydrogen) atoms. The number of hydrogen-bond acceptors (Lipinski definition) is 3. The molecule has 1 aromatic rings. The molecule has 0 spiro atoms. The predicted molar refractivity (Wildman–Crippen MR) is 76.6 cm³/mol. The molecule has 0 bridgehead atoms. The third-order valence-corrected chi connectivity index (χ3v) is 5.23. The van der Waals surface area contributed by atoms with Gasteiger partial charge in [0.25, 0.3) is 0 Å². The molecule has 1 aromatic carbocycles. The Morgan fingerprint density at radius 3 is 2.53 bits per heavy atom. The highest BCUT2D eigenvalue weighted by Crippen LogP contribution is 2.25. The van der Waals surface area contributed by atoms with Crippen LogP contribution >= 0.6 is 11.6 Å². The van der Waals surface area contributed by atoms with Crippen molar-refractivity contribution < 1.29 is 13.5 Å². The minimum atomic E-state index is -3.61. The Hall–Kier alpha value is -0.620. The monoisotopic (exact) mass is 305 g/mol. The van der Waals surface area contributed by atoms with Crippen LogP contribution in [0.15, 0.2) is 23.1 Å². The lowest BCUT2D eigenvalue weighted by Gasteiger charge is -2.19. The van der Waals surface area contributed by atoms with Crippen molar-refractivity contribution in [1.82, 2.24) is 4.31 Å². The van der Waals surface area contributed by atoms with Gasteiger partial charge in [0.15, 0.2) is 0 Å². The van der Waals surface area contributed by atoms with E-state index in [1.807, 2.05) is 13.8 Å². The summed E-state index contributed by atoms with van der Waals surface area (Å²) >= 11 is 5.96. The van der Waals surface area contributed by atoms with E-state index in [1.54, 1.807) is 13.1 Å². The summed E-state index contributed by atoms with van der Waals surface area (Å²) in [5, 5.41) is 9.26. The summed E-state index contributed by atoms with van der Waals surface area (Å²) in [5.41, 5.74) is 0.528. The van der Waals surface area contributed by atoms with Gasteiger partial charge in [0.2, 0.25) is 10.0 Å². The van der Waals surface area contributed by atoms with Gasteiger partial charge in [0, 0.05) is 13.6 Å². The Morgan fingerprint density at radius 1 is 1.37 bits per heavy atom. The average Bonchev–Trinajstić information content (AvgIpc) is 2.36. The molecular formula is C13H20ClNO3S. The van der Waals surface area contributed by atoms with Crippen LogP contribution in [0.1, 0.15) is 25.8 Å². The van der Waals surface area contributed by atoms with Gasteiger partial charge < -0.3 is 5.11 Å². The van der Waals surface area contributed by atoms with Crippen molar-refractivity contribution in [3.05, 3.63) is 28.8 Å². The van der Waals surface area contributed by atoms with Gasteiger partial charge in [-0.05, 0) is 30.0 Å². The Kier molecular flexibility index (Phi) is 5.80. The number of benzene rings is 1. The molecule has 0 atom stereocenters. The highest BCUT2D eigenvalue weighted by molar-refractivity contribution is 7.89. The van der Waals surface area contributed by atoms with Gasteiger partial charge in [-0.2, -0.15) is 0 Å². The fraction of sp³-hybridized carbons (Fsp3) is 0.538. The molecule has 0 unspecified atom stereocenters. The lowest BCUT2D eigenvalue weighted by Crippen LogP contribution is -2.29. The summed E-state index contributed by atoms with van der Waals surface area (Å²) in [6, 6.07) is 4.52. The van der Waals surface area contributed by atoms with E-state index in [0.717, 1.165) is 6.42 Å². The maximum atomic E-state index is 12.4. The highest BCUT2D eigenvalue weighted by Gasteiger charge is 2.23. The van der Waals surface area contributed by atoms with E-state index >= 15 is 0 Å². The lowest BCUT2D eigenvalue weighted by molar-refractivity contribution is 0.281. The van der Waals surface area contributed by atoms with Crippen LogP contribution in [-0.2, 0) is 16.6 Å². The molecule has 0 aliphatic carbocycles. The summed E-state index contributed by atoms with van der Waals surface area (Å²) in [5.74, 6) is 0.428. The number of halogens is 1. The number of sulfonamides is 1. The summed E-state index contributed by atoms with van der Waals surface area (Å²) < 4.78 is 26.1. The normalized spacial score (nSPS) is 12.4. The van der Waals surface area contributed by atoms with Gasteiger partial charge in [-0.1, -0.05) is 31.5 Å². The lowest BCUT2D eigenvalue weighted by atomic mass is 10.1. The van der Waals surface area contributed by atoms with Gasteiger partial charge in [0.1, 0.15) is 4.90 Å². The molecule has 0 aromatic heterocycles. The van der Waals surface area contributed by atoms with Crippen LogP contribution in [0, 0.1) is 5.92 Å². The second-order valence-electron chi connectivity index (χ2n) is 4.93. The minimum absolute atomic E-state index is 0.0481. The Bertz CT molecular complexity index is 529. The zero-order chi connectivity index (χ0) is 14.6. The van der Waals surface area contributed by atoms with E-state index in [0.29, 0.717) is 18.0 Å². The molecule has 1 N–H and O–H groups in total. The first-order valence-electron chi connectivity index (χ1n) is 6.14. The molecule has 0 radical (unpaired) electrons. The standard InChI is InChI=1S/C13H20ClNO3S/c1-10(2)6-7-15(3)19(17,18)13-8-11(9-16)4-5-12(13)14/h4-5,8,10,16H,6-7,9H2,1-3H3.